The molecule has 2 aromatic carbocycles. The first-order chi connectivity index (χ1) is 13.5. The van der Waals surface area contributed by atoms with Crippen molar-refractivity contribution in [1.29, 1.82) is 0 Å². The van der Waals surface area contributed by atoms with Gasteiger partial charge in [0.25, 0.3) is 0 Å². The number of hydrogen-bond donors (Lipinski definition) is 1. The van der Waals surface area contributed by atoms with Crippen molar-refractivity contribution in [3.8, 4) is 11.5 Å². The average Bonchev–Trinajstić information content (AvgIpc) is 3.18. The Morgan fingerprint density at radius 1 is 1.11 bits per heavy atom. The first kappa shape index (κ1) is 20.0. The van der Waals surface area contributed by atoms with E-state index in [2.05, 4.69) is 5.32 Å². The molecule has 2 amide bonds. The Morgan fingerprint density at radius 2 is 1.79 bits per heavy atom. The second kappa shape index (κ2) is 8.97. The van der Waals surface area contributed by atoms with Crippen molar-refractivity contribution in [1.82, 2.24) is 10.2 Å². The van der Waals surface area contributed by atoms with E-state index in [1.54, 1.807) is 30.9 Å². The number of rotatable bonds is 7. The summed E-state index contributed by atoms with van der Waals surface area (Å²) < 4.78 is 10.6. The van der Waals surface area contributed by atoms with Crippen LogP contribution in [0.25, 0.3) is 0 Å². The van der Waals surface area contributed by atoms with Gasteiger partial charge in [0.1, 0.15) is 6.04 Å². The van der Waals surface area contributed by atoms with Crippen molar-refractivity contribution >= 4 is 23.4 Å². The van der Waals surface area contributed by atoms with Gasteiger partial charge in [0.2, 0.25) is 18.6 Å². The topological polar surface area (TPSA) is 67.9 Å². The number of ether oxygens (including phenoxy) is 2. The zero-order valence-electron chi connectivity index (χ0n) is 15.9. The Hall–Kier alpha value is -2.73. The quantitative estimate of drug-likeness (QED) is 0.769. The van der Waals surface area contributed by atoms with E-state index in [0.29, 0.717) is 36.0 Å². The maximum atomic E-state index is 12.7. The van der Waals surface area contributed by atoms with Crippen molar-refractivity contribution in [3.05, 3.63) is 58.6 Å². The molecule has 2 aromatic rings. The summed E-state index contributed by atoms with van der Waals surface area (Å²) in [5, 5.41) is 3.53. The summed E-state index contributed by atoms with van der Waals surface area (Å²) >= 11 is 5.92. The highest BCUT2D eigenvalue weighted by Crippen LogP contribution is 2.32. The normalized spacial score (nSPS) is 13.1. The molecule has 1 aliphatic rings. The van der Waals surface area contributed by atoms with Crippen molar-refractivity contribution in [2.24, 2.45) is 0 Å². The van der Waals surface area contributed by atoms with Gasteiger partial charge >= 0.3 is 0 Å². The molecule has 28 heavy (non-hydrogen) atoms. The minimum absolute atomic E-state index is 0.0827. The lowest BCUT2D eigenvalue weighted by Crippen LogP contribution is -2.47. The Bertz CT molecular complexity index is 854. The maximum Gasteiger partial charge on any atom is 0.242 e. The van der Waals surface area contributed by atoms with E-state index in [-0.39, 0.29) is 18.6 Å². The molecule has 0 radical (unpaired) electrons. The molecule has 0 fully saturated rings. The monoisotopic (exact) mass is 402 g/mol. The Labute approximate surface area is 169 Å². The third-order valence-corrected chi connectivity index (χ3v) is 4.89. The van der Waals surface area contributed by atoms with E-state index < -0.39 is 6.04 Å². The number of halogens is 1. The van der Waals surface area contributed by atoms with Crippen molar-refractivity contribution in [2.45, 2.75) is 39.4 Å². The van der Waals surface area contributed by atoms with Crippen LogP contribution in [-0.4, -0.2) is 29.5 Å². The van der Waals surface area contributed by atoms with Gasteiger partial charge in [-0.05, 0) is 42.3 Å². The molecule has 1 heterocycles. The van der Waals surface area contributed by atoms with Crippen LogP contribution in [0.5, 0.6) is 11.5 Å². The van der Waals surface area contributed by atoms with Crippen molar-refractivity contribution in [2.75, 3.05) is 6.79 Å². The molecule has 0 saturated carbocycles. The van der Waals surface area contributed by atoms with Gasteiger partial charge in [0.15, 0.2) is 11.5 Å². The second-order valence-electron chi connectivity index (χ2n) is 6.58. The summed E-state index contributed by atoms with van der Waals surface area (Å²) in [5.41, 5.74) is 1.82. The standard InChI is InChI=1S/C21H23ClN2O4/c1-3-20(25)24(12-15-4-7-17(22)8-5-15)14(2)21(26)23-11-16-6-9-18-19(10-16)28-13-27-18/h4-10,14H,3,11-13H2,1-2H3,(H,23,26). The van der Waals surface area contributed by atoms with Crippen LogP contribution in [0.3, 0.4) is 0 Å². The van der Waals surface area contributed by atoms with Crippen LogP contribution in [0.4, 0.5) is 0 Å². The summed E-state index contributed by atoms with van der Waals surface area (Å²) in [4.78, 5) is 26.7. The van der Waals surface area contributed by atoms with E-state index in [4.69, 9.17) is 21.1 Å². The van der Waals surface area contributed by atoms with Gasteiger partial charge in [-0.2, -0.15) is 0 Å². The predicted molar refractivity (Wildman–Crippen MR) is 106 cm³/mol. The molecular formula is C21H23ClN2O4. The Balaban J connectivity index is 1.64. The molecule has 148 valence electrons. The third kappa shape index (κ3) is 4.75. The molecule has 1 unspecified atom stereocenters. The Kier molecular flexibility index (Phi) is 6.41. The molecule has 1 aliphatic heterocycles. The third-order valence-electron chi connectivity index (χ3n) is 4.64. The van der Waals surface area contributed by atoms with Crippen LogP contribution in [0.2, 0.25) is 5.02 Å². The molecule has 7 heteroatoms. The van der Waals surface area contributed by atoms with Gasteiger partial charge in [-0.15, -0.1) is 0 Å². The first-order valence-electron chi connectivity index (χ1n) is 9.18. The lowest BCUT2D eigenvalue weighted by atomic mass is 10.1. The van der Waals surface area contributed by atoms with Crippen LogP contribution in [0.1, 0.15) is 31.4 Å². The molecular weight excluding hydrogens is 380 g/mol. The van der Waals surface area contributed by atoms with E-state index in [1.807, 2.05) is 30.3 Å². The second-order valence-corrected chi connectivity index (χ2v) is 7.02. The van der Waals surface area contributed by atoms with Gasteiger partial charge in [0.05, 0.1) is 0 Å². The van der Waals surface area contributed by atoms with E-state index >= 15 is 0 Å². The number of benzene rings is 2. The fraction of sp³-hybridized carbons (Fsp3) is 0.333. The van der Waals surface area contributed by atoms with Crippen LogP contribution >= 0.6 is 11.6 Å². The summed E-state index contributed by atoms with van der Waals surface area (Å²) in [6.07, 6.45) is 0.327. The smallest absolute Gasteiger partial charge is 0.242 e. The molecule has 0 aromatic heterocycles. The molecule has 0 saturated heterocycles. The van der Waals surface area contributed by atoms with Crippen LogP contribution in [0, 0.1) is 0 Å². The highest BCUT2D eigenvalue weighted by atomic mass is 35.5. The van der Waals surface area contributed by atoms with Crippen LogP contribution < -0.4 is 14.8 Å². The van der Waals surface area contributed by atoms with Crippen molar-refractivity contribution < 1.29 is 19.1 Å². The summed E-state index contributed by atoms with van der Waals surface area (Å²) in [5.74, 6) is 1.07. The minimum Gasteiger partial charge on any atom is -0.454 e. The summed E-state index contributed by atoms with van der Waals surface area (Å²) in [7, 11) is 0. The fourth-order valence-corrected chi connectivity index (χ4v) is 3.09. The minimum atomic E-state index is -0.600. The van der Waals surface area contributed by atoms with E-state index in [9.17, 15) is 9.59 Å². The first-order valence-corrected chi connectivity index (χ1v) is 9.56. The van der Waals surface area contributed by atoms with Crippen LogP contribution in [0.15, 0.2) is 42.5 Å². The zero-order valence-corrected chi connectivity index (χ0v) is 16.7. The van der Waals surface area contributed by atoms with E-state index in [1.165, 1.54) is 0 Å². The van der Waals surface area contributed by atoms with Crippen molar-refractivity contribution in [3.63, 3.8) is 0 Å². The SMILES string of the molecule is CCC(=O)N(Cc1ccc(Cl)cc1)C(C)C(=O)NCc1ccc2c(c1)OCO2. The maximum absolute atomic E-state index is 12.7. The highest BCUT2D eigenvalue weighted by molar-refractivity contribution is 6.30. The van der Waals surface area contributed by atoms with E-state index in [0.717, 1.165) is 11.1 Å². The molecule has 0 spiro atoms. The number of nitrogens with zero attached hydrogens (tertiary/aromatic N) is 1. The average molecular weight is 403 g/mol. The lowest BCUT2D eigenvalue weighted by Gasteiger charge is -2.28. The largest absolute Gasteiger partial charge is 0.454 e. The van der Waals surface area contributed by atoms with Gasteiger partial charge < -0.3 is 19.7 Å². The number of amides is 2. The van der Waals surface area contributed by atoms with Gasteiger partial charge in [-0.3, -0.25) is 9.59 Å². The zero-order chi connectivity index (χ0) is 20.1. The number of nitrogens with one attached hydrogen (secondary N) is 1. The summed E-state index contributed by atoms with van der Waals surface area (Å²) in [6, 6.07) is 12.2. The number of carbonyl (C=O) groups excluding carboxylic acids is 2. The summed E-state index contributed by atoms with van der Waals surface area (Å²) in [6.45, 7) is 4.42. The highest BCUT2D eigenvalue weighted by Gasteiger charge is 2.25. The number of carbonyl (C=O) groups is 2. The Morgan fingerprint density at radius 3 is 2.50 bits per heavy atom. The van der Waals surface area contributed by atoms with Gasteiger partial charge in [0, 0.05) is 24.5 Å². The number of fused-ring (bicyclic) bond motifs is 1. The molecule has 3 rings (SSSR count). The molecule has 0 aliphatic carbocycles. The molecule has 1 atom stereocenters. The lowest BCUT2D eigenvalue weighted by molar-refractivity contribution is -0.140. The van der Waals surface area contributed by atoms with Crippen LogP contribution in [-0.2, 0) is 22.7 Å². The fourth-order valence-electron chi connectivity index (χ4n) is 2.96. The van der Waals surface area contributed by atoms with Gasteiger partial charge in [-0.25, -0.2) is 0 Å². The predicted octanol–water partition coefficient (Wildman–Crippen LogP) is 3.51. The molecule has 0 bridgehead atoms. The molecule has 1 N–H and O–H groups in total. The van der Waals surface area contributed by atoms with Gasteiger partial charge in [-0.1, -0.05) is 36.7 Å². The number of hydrogen-bond acceptors (Lipinski definition) is 4. The molecule has 6 nitrogen and oxygen atoms in total.